The Morgan fingerprint density at radius 3 is 2.30 bits per heavy atom. The van der Waals surface area contributed by atoms with Gasteiger partial charge in [-0.3, -0.25) is 4.99 Å². The molecule has 2 N–H and O–H groups in total. The molecular weight excluding hydrogens is 370 g/mol. The van der Waals surface area contributed by atoms with Gasteiger partial charge in [0.1, 0.15) is 17.1 Å². The van der Waals surface area contributed by atoms with Crippen LogP contribution in [0.5, 0.6) is 5.75 Å². The maximum Gasteiger partial charge on any atom is 0.153 e. The van der Waals surface area contributed by atoms with Crippen LogP contribution in [-0.4, -0.2) is 22.5 Å². The van der Waals surface area contributed by atoms with E-state index in [1.54, 1.807) is 0 Å². The number of fused-ring (bicyclic) bond motifs is 1. The Morgan fingerprint density at radius 2 is 1.57 bits per heavy atom. The highest BCUT2D eigenvalue weighted by atomic mass is 16.3. The van der Waals surface area contributed by atoms with Crippen LogP contribution in [0.2, 0.25) is 0 Å². The second-order valence-electron chi connectivity index (χ2n) is 7.63. The van der Waals surface area contributed by atoms with Crippen LogP contribution in [0, 0.1) is 0 Å². The van der Waals surface area contributed by atoms with Crippen molar-refractivity contribution >= 4 is 16.7 Å². The molecule has 4 heteroatoms. The van der Waals surface area contributed by atoms with Gasteiger partial charge in [-0.25, -0.2) is 4.98 Å². The number of hydrogen-bond acceptors (Lipinski definition) is 4. The van der Waals surface area contributed by atoms with E-state index in [0.29, 0.717) is 23.6 Å². The summed E-state index contributed by atoms with van der Waals surface area (Å²) < 4.78 is 0. The molecule has 148 valence electrons. The van der Waals surface area contributed by atoms with Crippen LogP contribution in [0.3, 0.4) is 0 Å². The highest BCUT2D eigenvalue weighted by Gasteiger charge is 2.36. The van der Waals surface area contributed by atoms with E-state index in [9.17, 15) is 5.11 Å². The van der Waals surface area contributed by atoms with Crippen LogP contribution in [0.15, 0.2) is 89.9 Å². The number of benzene rings is 3. The zero-order chi connectivity index (χ0) is 20.6. The number of amidine groups is 1. The molecule has 1 aromatic heterocycles. The Hall–Kier alpha value is -3.66. The molecule has 2 heterocycles. The highest BCUT2D eigenvalue weighted by Crippen LogP contribution is 2.39. The van der Waals surface area contributed by atoms with Crippen LogP contribution in [0.1, 0.15) is 24.5 Å². The molecule has 0 spiro atoms. The topological polar surface area (TPSA) is 57.5 Å². The molecule has 30 heavy (non-hydrogen) atoms. The highest BCUT2D eigenvalue weighted by molar-refractivity contribution is 6.13. The first kappa shape index (κ1) is 18.4. The van der Waals surface area contributed by atoms with E-state index in [0.717, 1.165) is 22.9 Å². The Kier molecular flexibility index (Phi) is 4.47. The van der Waals surface area contributed by atoms with E-state index >= 15 is 0 Å². The number of rotatable bonds is 4. The number of aromatic hydroxyl groups is 1. The molecule has 1 unspecified atom stereocenters. The Morgan fingerprint density at radius 1 is 0.900 bits per heavy atom. The molecule has 0 radical (unpaired) electrons. The number of nitrogens with zero attached hydrogens (tertiary/aromatic N) is 2. The van der Waals surface area contributed by atoms with E-state index in [4.69, 9.17) is 9.98 Å². The molecule has 1 aliphatic rings. The van der Waals surface area contributed by atoms with Crippen LogP contribution in [0.25, 0.3) is 22.2 Å². The fraction of sp³-hybridized carbons (Fsp3) is 0.154. The SMILES string of the molecule is CCC1(c2ccccc2)CNC(c2c(O)c(-c3ccccc3)nc3ccccc23)=N1. The molecule has 0 amide bonds. The lowest BCUT2D eigenvalue weighted by Gasteiger charge is -2.23. The van der Waals surface area contributed by atoms with Crippen molar-refractivity contribution in [2.75, 3.05) is 6.54 Å². The summed E-state index contributed by atoms with van der Waals surface area (Å²) in [6.45, 7) is 2.85. The molecular formula is C26H23N3O. The van der Waals surface area contributed by atoms with Gasteiger partial charge in [0.05, 0.1) is 11.1 Å². The quantitative estimate of drug-likeness (QED) is 0.497. The number of aromatic nitrogens is 1. The maximum absolute atomic E-state index is 11.3. The fourth-order valence-corrected chi connectivity index (χ4v) is 4.23. The van der Waals surface area contributed by atoms with Gasteiger partial charge in [-0.05, 0) is 18.1 Å². The minimum absolute atomic E-state index is 0.158. The second kappa shape index (κ2) is 7.30. The first-order valence-electron chi connectivity index (χ1n) is 10.3. The summed E-state index contributed by atoms with van der Waals surface area (Å²) in [7, 11) is 0. The Labute approximate surface area is 176 Å². The minimum Gasteiger partial charge on any atom is -0.505 e. The van der Waals surface area contributed by atoms with Crippen molar-refractivity contribution in [3.63, 3.8) is 0 Å². The number of para-hydroxylation sites is 1. The fourth-order valence-electron chi connectivity index (χ4n) is 4.23. The number of aliphatic imine (C=N–C) groups is 1. The van der Waals surface area contributed by atoms with Gasteiger partial charge < -0.3 is 10.4 Å². The van der Waals surface area contributed by atoms with Crippen molar-refractivity contribution in [1.29, 1.82) is 0 Å². The van der Waals surface area contributed by atoms with Gasteiger partial charge in [0.25, 0.3) is 0 Å². The largest absolute Gasteiger partial charge is 0.505 e. The molecule has 3 aromatic carbocycles. The lowest BCUT2D eigenvalue weighted by atomic mass is 9.88. The van der Waals surface area contributed by atoms with E-state index in [1.165, 1.54) is 5.56 Å². The number of hydrogen-bond donors (Lipinski definition) is 2. The smallest absolute Gasteiger partial charge is 0.153 e. The van der Waals surface area contributed by atoms with Gasteiger partial charge in [0.2, 0.25) is 0 Å². The van der Waals surface area contributed by atoms with E-state index in [-0.39, 0.29) is 11.3 Å². The average molecular weight is 393 g/mol. The summed E-state index contributed by atoms with van der Waals surface area (Å²) >= 11 is 0. The molecule has 1 atom stereocenters. The van der Waals surface area contributed by atoms with Crippen molar-refractivity contribution in [2.45, 2.75) is 18.9 Å². The maximum atomic E-state index is 11.3. The summed E-state index contributed by atoms with van der Waals surface area (Å²) in [5, 5.41) is 15.7. The van der Waals surface area contributed by atoms with Gasteiger partial charge in [0.15, 0.2) is 5.75 Å². The summed E-state index contributed by atoms with van der Waals surface area (Å²) in [6, 6.07) is 28.1. The van der Waals surface area contributed by atoms with Crippen molar-refractivity contribution in [2.24, 2.45) is 4.99 Å². The van der Waals surface area contributed by atoms with E-state index in [1.807, 2.05) is 72.8 Å². The molecule has 5 rings (SSSR count). The average Bonchev–Trinajstić information content (AvgIpc) is 3.25. The molecule has 0 fully saturated rings. The summed E-state index contributed by atoms with van der Waals surface area (Å²) in [5.41, 5.74) is 3.83. The molecule has 0 saturated carbocycles. The molecule has 4 nitrogen and oxygen atoms in total. The third kappa shape index (κ3) is 2.92. The third-order valence-corrected chi connectivity index (χ3v) is 5.92. The predicted octanol–water partition coefficient (Wildman–Crippen LogP) is 5.26. The molecule has 0 aliphatic carbocycles. The van der Waals surface area contributed by atoms with Crippen molar-refractivity contribution in [1.82, 2.24) is 10.3 Å². The summed E-state index contributed by atoms with van der Waals surface area (Å²) in [6.07, 6.45) is 0.864. The molecule has 1 aliphatic heterocycles. The zero-order valence-electron chi connectivity index (χ0n) is 16.8. The first-order valence-corrected chi connectivity index (χ1v) is 10.3. The van der Waals surface area contributed by atoms with Gasteiger partial charge in [-0.1, -0.05) is 85.8 Å². The Balaban J connectivity index is 1.74. The van der Waals surface area contributed by atoms with Crippen LogP contribution in [-0.2, 0) is 5.54 Å². The summed E-state index contributed by atoms with van der Waals surface area (Å²) in [5.74, 6) is 0.875. The van der Waals surface area contributed by atoms with Crippen LogP contribution < -0.4 is 5.32 Å². The third-order valence-electron chi connectivity index (χ3n) is 5.92. The number of pyridine rings is 1. The summed E-state index contributed by atoms with van der Waals surface area (Å²) in [4.78, 5) is 9.90. The van der Waals surface area contributed by atoms with Crippen LogP contribution in [0.4, 0.5) is 0 Å². The monoisotopic (exact) mass is 393 g/mol. The second-order valence-corrected chi connectivity index (χ2v) is 7.63. The predicted molar refractivity (Wildman–Crippen MR) is 122 cm³/mol. The van der Waals surface area contributed by atoms with Crippen molar-refractivity contribution < 1.29 is 5.11 Å². The zero-order valence-corrected chi connectivity index (χ0v) is 16.8. The van der Waals surface area contributed by atoms with Gasteiger partial charge >= 0.3 is 0 Å². The van der Waals surface area contributed by atoms with Gasteiger partial charge in [-0.2, -0.15) is 0 Å². The minimum atomic E-state index is -0.347. The van der Waals surface area contributed by atoms with E-state index in [2.05, 4.69) is 24.4 Å². The van der Waals surface area contributed by atoms with E-state index < -0.39 is 0 Å². The van der Waals surface area contributed by atoms with Gasteiger partial charge in [0, 0.05) is 17.5 Å². The van der Waals surface area contributed by atoms with Crippen molar-refractivity contribution in [3.8, 4) is 17.0 Å². The lowest BCUT2D eigenvalue weighted by molar-refractivity contribution is 0.455. The molecule has 4 aromatic rings. The standard InChI is InChI=1S/C26H23N3O/c1-2-26(19-13-7-4-8-14-19)17-27-25(29-26)22-20-15-9-10-16-21(20)28-23(24(22)30)18-11-5-3-6-12-18/h3-16,30H,2,17H2,1H3,(H,27,29). The normalized spacial score (nSPS) is 18.2. The first-order chi connectivity index (χ1) is 14.7. The lowest BCUT2D eigenvalue weighted by Crippen LogP contribution is -2.30. The van der Waals surface area contributed by atoms with Crippen molar-refractivity contribution in [3.05, 3.63) is 96.1 Å². The molecule has 0 bridgehead atoms. The van der Waals surface area contributed by atoms with Crippen LogP contribution >= 0.6 is 0 Å². The number of nitrogens with one attached hydrogen (secondary N) is 1. The Bertz CT molecular complexity index is 1240. The van der Waals surface area contributed by atoms with Gasteiger partial charge in [-0.15, -0.1) is 0 Å². The molecule has 0 saturated heterocycles.